The van der Waals surface area contributed by atoms with Gasteiger partial charge in [-0.25, -0.2) is 9.97 Å². The number of ether oxygens (including phenoxy) is 1. The van der Waals surface area contributed by atoms with Gasteiger partial charge >= 0.3 is 0 Å². The van der Waals surface area contributed by atoms with E-state index in [9.17, 15) is 5.11 Å². The summed E-state index contributed by atoms with van der Waals surface area (Å²) in [5.74, 6) is 1.41. The van der Waals surface area contributed by atoms with Gasteiger partial charge in [-0.1, -0.05) is 0 Å². The Balaban J connectivity index is 1.62. The van der Waals surface area contributed by atoms with Gasteiger partial charge in [-0.3, -0.25) is 4.57 Å². The van der Waals surface area contributed by atoms with Crippen LogP contribution in [0.25, 0.3) is 16.9 Å². The normalized spacial score (nSPS) is 20.1. The number of nitrogens with zero attached hydrogens (tertiary/aromatic N) is 4. The first-order chi connectivity index (χ1) is 12.2. The predicted molar refractivity (Wildman–Crippen MR) is 95.1 cm³/mol. The topological polar surface area (TPSA) is 85.1 Å². The van der Waals surface area contributed by atoms with E-state index in [-0.39, 0.29) is 12.1 Å². The number of rotatable bonds is 5. The van der Waals surface area contributed by atoms with Crippen molar-refractivity contribution < 1.29 is 9.84 Å². The van der Waals surface area contributed by atoms with Gasteiger partial charge in [0.2, 0.25) is 5.95 Å². The minimum absolute atomic E-state index is 0.217. The minimum Gasteiger partial charge on any atom is -0.494 e. The Kier molecular flexibility index (Phi) is 4.23. The lowest BCUT2D eigenvalue weighted by molar-refractivity contribution is 0.182. The highest BCUT2D eigenvalue weighted by Gasteiger charge is 2.23. The van der Waals surface area contributed by atoms with Crippen LogP contribution < -0.4 is 10.1 Å². The van der Waals surface area contributed by atoms with E-state index in [0.717, 1.165) is 41.9 Å². The van der Waals surface area contributed by atoms with Crippen molar-refractivity contribution in [2.45, 2.75) is 38.3 Å². The van der Waals surface area contributed by atoms with E-state index in [0.29, 0.717) is 12.6 Å². The zero-order chi connectivity index (χ0) is 17.2. The van der Waals surface area contributed by atoms with Crippen LogP contribution in [0.15, 0.2) is 36.8 Å². The fraction of sp³-hybridized carbons (Fsp3) is 0.389. The van der Waals surface area contributed by atoms with Crippen LogP contribution in [-0.4, -0.2) is 43.4 Å². The standard InChI is InChI=1S/C18H21N5O2/c1-2-25-15-7-4-13(5-8-15)23-11-20-16-10-19-18(22-17(16)23)21-12-3-6-14(24)9-12/h4-5,7-8,10-12,14,24H,2-3,6,9H2,1H3,(H,19,21,22)/t12-,14-/m1/s1. The third-order valence-corrected chi connectivity index (χ3v) is 4.45. The fourth-order valence-corrected chi connectivity index (χ4v) is 3.21. The molecule has 2 atom stereocenters. The molecular formula is C18H21N5O2. The maximum Gasteiger partial charge on any atom is 0.224 e. The van der Waals surface area contributed by atoms with Crippen LogP contribution in [0.2, 0.25) is 0 Å². The number of hydrogen-bond acceptors (Lipinski definition) is 6. The van der Waals surface area contributed by atoms with Crippen LogP contribution in [0, 0.1) is 0 Å². The second-order valence-corrected chi connectivity index (χ2v) is 6.25. The first-order valence-electron chi connectivity index (χ1n) is 8.61. The highest BCUT2D eigenvalue weighted by atomic mass is 16.5. The zero-order valence-corrected chi connectivity index (χ0v) is 14.1. The molecule has 2 N–H and O–H groups in total. The summed E-state index contributed by atoms with van der Waals surface area (Å²) < 4.78 is 7.42. The van der Waals surface area contributed by atoms with Crippen LogP contribution in [0.4, 0.5) is 5.95 Å². The minimum atomic E-state index is -0.226. The number of hydrogen-bond donors (Lipinski definition) is 2. The second kappa shape index (κ2) is 6.68. The molecular weight excluding hydrogens is 318 g/mol. The molecule has 0 bridgehead atoms. The maximum absolute atomic E-state index is 9.66. The van der Waals surface area contributed by atoms with Gasteiger partial charge < -0.3 is 15.2 Å². The first kappa shape index (κ1) is 15.8. The lowest BCUT2D eigenvalue weighted by Gasteiger charge is -2.12. The average molecular weight is 339 g/mol. The zero-order valence-electron chi connectivity index (χ0n) is 14.1. The SMILES string of the molecule is CCOc1ccc(-n2cnc3cnc(N[C@@H]4CC[C@@H](O)C4)nc32)cc1. The monoisotopic (exact) mass is 339 g/mol. The molecule has 1 aromatic carbocycles. The van der Waals surface area contributed by atoms with Crippen molar-refractivity contribution in [2.75, 3.05) is 11.9 Å². The Bertz CT molecular complexity index is 862. The lowest BCUT2D eigenvalue weighted by Crippen LogP contribution is -2.18. The number of nitrogens with one attached hydrogen (secondary N) is 1. The van der Waals surface area contributed by atoms with Gasteiger partial charge in [-0.05, 0) is 50.5 Å². The molecule has 1 saturated carbocycles. The summed E-state index contributed by atoms with van der Waals surface area (Å²) in [6.07, 6.45) is 5.74. The molecule has 0 spiro atoms. The van der Waals surface area contributed by atoms with E-state index in [1.807, 2.05) is 35.8 Å². The molecule has 3 aromatic rings. The third kappa shape index (κ3) is 3.28. The summed E-state index contributed by atoms with van der Waals surface area (Å²) in [6.45, 7) is 2.61. The lowest BCUT2D eigenvalue weighted by atomic mass is 10.2. The molecule has 25 heavy (non-hydrogen) atoms. The molecule has 2 aromatic heterocycles. The molecule has 1 aliphatic rings. The van der Waals surface area contributed by atoms with E-state index < -0.39 is 0 Å². The first-order valence-corrected chi connectivity index (χ1v) is 8.61. The molecule has 4 rings (SSSR count). The Hall–Kier alpha value is -2.67. The maximum atomic E-state index is 9.66. The van der Waals surface area contributed by atoms with Crippen molar-refractivity contribution in [1.82, 2.24) is 19.5 Å². The summed E-state index contributed by atoms with van der Waals surface area (Å²) in [6, 6.07) is 8.05. The highest BCUT2D eigenvalue weighted by molar-refractivity contribution is 5.73. The van der Waals surface area contributed by atoms with E-state index in [4.69, 9.17) is 4.74 Å². The largest absolute Gasteiger partial charge is 0.494 e. The third-order valence-electron chi connectivity index (χ3n) is 4.45. The van der Waals surface area contributed by atoms with Gasteiger partial charge in [0.1, 0.15) is 17.6 Å². The van der Waals surface area contributed by atoms with Gasteiger partial charge in [0.05, 0.1) is 18.9 Å². The summed E-state index contributed by atoms with van der Waals surface area (Å²) in [4.78, 5) is 13.3. The molecule has 2 heterocycles. The van der Waals surface area contributed by atoms with Crippen LogP contribution in [0.1, 0.15) is 26.2 Å². The van der Waals surface area contributed by atoms with Crippen molar-refractivity contribution in [3.8, 4) is 11.4 Å². The van der Waals surface area contributed by atoms with Crippen molar-refractivity contribution >= 4 is 17.1 Å². The molecule has 0 radical (unpaired) electrons. The van der Waals surface area contributed by atoms with Gasteiger partial charge in [0.15, 0.2) is 5.65 Å². The molecule has 7 nitrogen and oxygen atoms in total. The number of fused-ring (bicyclic) bond motifs is 1. The number of imidazole rings is 1. The molecule has 0 amide bonds. The van der Waals surface area contributed by atoms with E-state index in [1.165, 1.54) is 0 Å². The summed E-state index contributed by atoms with van der Waals surface area (Å²) in [5, 5.41) is 13.0. The van der Waals surface area contributed by atoms with Crippen LogP contribution in [-0.2, 0) is 0 Å². The Labute approximate surface area is 145 Å². The molecule has 0 aliphatic heterocycles. The van der Waals surface area contributed by atoms with Crippen LogP contribution >= 0.6 is 0 Å². The van der Waals surface area contributed by atoms with Gasteiger partial charge in [-0.2, -0.15) is 4.98 Å². The number of aliphatic hydroxyl groups excluding tert-OH is 1. The molecule has 130 valence electrons. The van der Waals surface area contributed by atoms with E-state index >= 15 is 0 Å². The number of aromatic nitrogens is 4. The molecule has 1 fully saturated rings. The van der Waals surface area contributed by atoms with E-state index in [1.54, 1.807) is 12.5 Å². The molecule has 7 heteroatoms. The Morgan fingerprint density at radius 2 is 2.08 bits per heavy atom. The molecule has 0 unspecified atom stereocenters. The van der Waals surface area contributed by atoms with Crippen LogP contribution in [0.3, 0.4) is 0 Å². The van der Waals surface area contributed by atoms with Crippen molar-refractivity contribution in [2.24, 2.45) is 0 Å². The van der Waals surface area contributed by atoms with Gasteiger partial charge in [-0.15, -0.1) is 0 Å². The quantitative estimate of drug-likeness (QED) is 0.743. The van der Waals surface area contributed by atoms with Gasteiger partial charge in [0, 0.05) is 11.7 Å². The van der Waals surface area contributed by atoms with Crippen molar-refractivity contribution in [3.05, 3.63) is 36.8 Å². The average Bonchev–Trinajstić information content (AvgIpc) is 3.22. The summed E-state index contributed by atoms with van der Waals surface area (Å²) in [5.41, 5.74) is 2.46. The summed E-state index contributed by atoms with van der Waals surface area (Å²) >= 11 is 0. The van der Waals surface area contributed by atoms with Crippen LogP contribution in [0.5, 0.6) is 5.75 Å². The highest BCUT2D eigenvalue weighted by Crippen LogP contribution is 2.23. The molecule has 1 aliphatic carbocycles. The molecule has 0 saturated heterocycles. The summed E-state index contributed by atoms with van der Waals surface area (Å²) in [7, 11) is 0. The predicted octanol–water partition coefficient (Wildman–Crippen LogP) is 2.54. The Morgan fingerprint density at radius 1 is 1.24 bits per heavy atom. The van der Waals surface area contributed by atoms with Crippen molar-refractivity contribution in [1.29, 1.82) is 0 Å². The number of aliphatic hydroxyl groups is 1. The second-order valence-electron chi connectivity index (χ2n) is 6.25. The number of benzene rings is 1. The van der Waals surface area contributed by atoms with E-state index in [2.05, 4.69) is 20.3 Å². The smallest absolute Gasteiger partial charge is 0.224 e. The van der Waals surface area contributed by atoms with Crippen molar-refractivity contribution in [3.63, 3.8) is 0 Å². The fourth-order valence-electron chi connectivity index (χ4n) is 3.21. The Morgan fingerprint density at radius 3 is 2.80 bits per heavy atom. The number of anilines is 1. The van der Waals surface area contributed by atoms with Gasteiger partial charge in [0.25, 0.3) is 0 Å².